The minimum absolute atomic E-state index is 0.659. The molecular formula is C21H26ClN3S. The fourth-order valence-electron chi connectivity index (χ4n) is 3.30. The number of benzene rings is 2. The molecule has 0 saturated carbocycles. The predicted octanol–water partition coefficient (Wildman–Crippen LogP) is 5.40. The highest BCUT2D eigenvalue weighted by Crippen LogP contribution is 2.48. The van der Waals surface area contributed by atoms with Crippen molar-refractivity contribution in [3.05, 3.63) is 64.7 Å². The van der Waals surface area contributed by atoms with Crippen LogP contribution in [0.2, 0.25) is 5.02 Å². The highest BCUT2D eigenvalue weighted by molar-refractivity contribution is 8.14. The zero-order chi connectivity index (χ0) is 18.6. The highest BCUT2D eigenvalue weighted by Gasteiger charge is 2.37. The van der Waals surface area contributed by atoms with Crippen molar-refractivity contribution in [2.75, 3.05) is 19.6 Å². The van der Waals surface area contributed by atoms with Crippen molar-refractivity contribution >= 4 is 34.1 Å². The van der Waals surface area contributed by atoms with Gasteiger partial charge in [0, 0.05) is 10.6 Å². The summed E-state index contributed by atoms with van der Waals surface area (Å²) in [6.07, 6.45) is 2.02. The number of halogens is 1. The van der Waals surface area contributed by atoms with E-state index in [1.165, 1.54) is 0 Å². The minimum Gasteiger partial charge on any atom is -0.309 e. The summed E-state index contributed by atoms with van der Waals surface area (Å²) in [6, 6.07) is 16.0. The smallest absolute Gasteiger partial charge is 0.121 e. The first-order valence-corrected chi connectivity index (χ1v) is 10.4. The second-order valence-electron chi connectivity index (χ2n) is 6.50. The van der Waals surface area contributed by atoms with Crippen LogP contribution >= 0.6 is 23.4 Å². The Morgan fingerprint density at radius 3 is 2.54 bits per heavy atom. The number of thioether (sulfide) groups is 1. The van der Waals surface area contributed by atoms with Gasteiger partial charge in [-0.15, -0.1) is 0 Å². The van der Waals surface area contributed by atoms with Gasteiger partial charge < -0.3 is 10.6 Å². The van der Waals surface area contributed by atoms with Gasteiger partial charge in [-0.1, -0.05) is 67.5 Å². The fourth-order valence-corrected chi connectivity index (χ4v) is 4.76. The summed E-state index contributed by atoms with van der Waals surface area (Å²) < 4.78 is 0. The summed E-state index contributed by atoms with van der Waals surface area (Å²) in [4.78, 5) is 6.66. The Kier molecular flexibility index (Phi) is 6.41. The Labute approximate surface area is 165 Å². The molecule has 0 radical (unpaired) electrons. The molecule has 1 unspecified atom stereocenters. The number of rotatable bonds is 7. The zero-order valence-electron chi connectivity index (χ0n) is 15.4. The summed E-state index contributed by atoms with van der Waals surface area (Å²) in [7, 11) is 0. The molecular weight excluding hydrogens is 362 g/mol. The van der Waals surface area contributed by atoms with Crippen LogP contribution in [-0.2, 0) is 4.87 Å². The topological polar surface area (TPSA) is 41.6 Å². The zero-order valence-corrected chi connectivity index (χ0v) is 17.0. The summed E-state index contributed by atoms with van der Waals surface area (Å²) in [5.41, 5.74) is 9.93. The maximum atomic E-state index is 6.95. The molecule has 1 aliphatic rings. The van der Waals surface area contributed by atoms with E-state index in [9.17, 15) is 0 Å². The van der Waals surface area contributed by atoms with Gasteiger partial charge in [0.2, 0.25) is 0 Å². The maximum Gasteiger partial charge on any atom is 0.121 e. The van der Waals surface area contributed by atoms with Gasteiger partial charge in [0.05, 0.1) is 10.7 Å². The standard InChI is InChI=1S/C21H26ClN3S/c1-3-25(4-2)14-8-11-20-24-19-13-12-17(22)15-18(19)21(23,26-20)16-9-6-5-7-10-16/h5-7,9-10,12-13,15H,3-4,8,11,14,23H2,1-2H3. The van der Waals surface area contributed by atoms with Crippen LogP contribution < -0.4 is 5.73 Å². The molecule has 26 heavy (non-hydrogen) atoms. The summed E-state index contributed by atoms with van der Waals surface area (Å²) in [5, 5.41) is 1.79. The van der Waals surface area contributed by atoms with Gasteiger partial charge in [0.1, 0.15) is 4.87 Å². The van der Waals surface area contributed by atoms with Crippen LogP contribution in [0.3, 0.4) is 0 Å². The van der Waals surface area contributed by atoms with Crippen LogP contribution in [0.25, 0.3) is 0 Å². The van der Waals surface area contributed by atoms with E-state index in [-0.39, 0.29) is 0 Å². The van der Waals surface area contributed by atoms with Gasteiger partial charge in [0.25, 0.3) is 0 Å². The third kappa shape index (κ3) is 4.15. The quantitative estimate of drug-likeness (QED) is 0.691. The lowest BCUT2D eigenvalue weighted by Crippen LogP contribution is -2.37. The van der Waals surface area contributed by atoms with E-state index >= 15 is 0 Å². The van der Waals surface area contributed by atoms with Gasteiger partial charge in [-0.3, -0.25) is 0 Å². The van der Waals surface area contributed by atoms with E-state index in [4.69, 9.17) is 22.3 Å². The van der Waals surface area contributed by atoms with E-state index in [1.807, 2.05) is 36.4 Å². The lowest BCUT2D eigenvalue weighted by molar-refractivity contribution is 0.302. The molecule has 1 atom stereocenters. The Balaban J connectivity index is 1.89. The Bertz CT molecular complexity index is 774. The minimum atomic E-state index is -0.659. The molecule has 2 N–H and O–H groups in total. The summed E-state index contributed by atoms with van der Waals surface area (Å²) >= 11 is 7.92. The van der Waals surface area contributed by atoms with Gasteiger partial charge in [-0.25, -0.2) is 4.99 Å². The van der Waals surface area contributed by atoms with Crippen LogP contribution in [0.4, 0.5) is 5.69 Å². The van der Waals surface area contributed by atoms with Crippen molar-refractivity contribution in [3.8, 4) is 0 Å². The average Bonchev–Trinajstić information content (AvgIpc) is 2.67. The van der Waals surface area contributed by atoms with Crippen LogP contribution in [0.5, 0.6) is 0 Å². The monoisotopic (exact) mass is 387 g/mol. The van der Waals surface area contributed by atoms with Crippen molar-refractivity contribution in [2.45, 2.75) is 31.6 Å². The molecule has 5 heteroatoms. The number of aliphatic imine (C=N–C) groups is 1. The Morgan fingerprint density at radius 2 is 1.85 bits per heavy atom. The number of hydrogen-bond acceptors (Lipinski definition) is 4. The van der Waals surface area contributed by atoms with Crippen LogP contribution in [0, 0.1) is 0 Å². The van der Waals surface area contributed by atoms with Crippen molar-refractivity contribution in [2.24, 2.45) is 10.7 Å². The van der Waals surface area contributed by atoms with Gasteiger partial charge in [0.15, 0.2) is 0 Å². The number of nitrogens with two attached hydrogens (primary N) is 1. The van der Waals surface area contributed by atoms with Crippen LogP contribution in [-0.4, -0.2) is 29.6 Å². The molecule has 2 aromatic rings. The highest BCUT2D eigenvalue weighted by atomic mass is 35.5. The Morgan fingerprint density at radius 1 is 1.12 bits per heavy atom. The SMILES string of the molecule is CCN(CC)CCCC1=Nc2ccc(Cl)cc2C(N)(c2ccccc2)S1. The molecule has 0 aromatic heterocycles. The van der Waals surface area contributed by atoms with Crippen molar-refractivity contribution < 1.29 is 0 Å². The maximum absolute atomic E-state index is 6.95. The number of fused-ring (bicyclic) bond motifs is 1. The molecule has 3 nitrogen and oxygen atoms in total. The molecule has 0 amide bonds. The molecule has 2 aromatic carbocycles. The molecule has 138 valence electrons. The molecule has 3 rings (SSSR count). The van der Waals surface area contributed by atoms with E-state index in [2.05, 4.69) is 30.9 Å². The largest absolute Gasteiger partial charge is 0.309 e. The number of nitrogens with zero attached hydrogens (tertiary/aromatic N) is 2. The lowest BCUT2D eigenvalue weighted by Gasteiger charge is -2.35. The Hall–Kier alpha value is -1.33. The molecule has 0 aliphatic carbocycles. The lowest BCUT2D eigenvalue weighted by atomic mass is 9.97. The van der Waals surface area contributed by atoms with Gasteiger partial charge >= 0.3 is 0 Å². The first-order valence-electron chi connectivity index (χ1n) is 9.20. The first-order chi connectivity index (χ1) is 12.6. The fraction of sp³-hybridized carbons (Fsp3) is 0.381. The van der Waals surface area contributed by atoms with E-state index in [0.717, 1.165) is 54.3 Å². The molecule has 0 bridgehead atoms. The van der Waals surface area contributed by atoms with Crippen molar-refractivity contribution in [1.29, 1.82) is 0 Å². The van der Waals surface area contributed by atoms with Gasteiger partial charge in [-0.05, 0) is 56.2 Å². The third-order valence-corrected chi connectivity index (χ3v) is 6.39. The molecule has 0 spiro atoms. The average molecular weight is 388 g/mol. The second kappa shape index (κ2) is 8.57. The van der Waals surface area contributed by atoms with Crippen molar-refractivity contribution in [3.63, 3.8) is 0 Å². The number of hydrogen-bond donors (Lipinski definition) is 1. The molecule has 1 aliphatic heterocycles. The van der Waals surface area contributed by atoms with Crippen LogP contribution in [0.15, 0.2) is 53.5 Å². The van der Waals surface area contributed by atoms with E-state index in [0.29, 0.717) is 5.02 Å². The van der Waals surface area contributed by atoms with Crippen LogP contribution in [0.1, 0.15) is 37.8 Å². The molecule has 0 saturated heterocycles. The van der Waals surface area contributed by atoms with E-state index < -0.39 is 4.87 Å². The summed E-state index contributed by atoms with van der Waals surface area (Å²) in [6.45, 7) is 7.67. The van der Waals surface area contributed by atoms with E-state index in [1.54, 1.807) is 11.8 Å². The third-order valence-electron chi connectivity index (χ3n) is 4.84. The summed E-state index contributed by atoms with van der Waals surface area (Å²) in [5.74, 6) is 0. The first kappa shape index (κ1) is 19.4. The second-order valence-corrected chi connectivity index (χ2v) is 8.26. The van der Waals surface area contributed by atoms with Crippen molar-refractivity contribution in [1.82, 2.24) is 4.90 Å². The molecule has 0 fully saturated rings. The molecule has 1 heterocycles. The normalized spacial score (nSPS) is 19.3. The van der Waals surface area contributed by atoms with Gasteiger partial charge in [-0.2, -0.15) is 0 Å². The predicted molar refractivity (Wildman–Crippen MR) is 115 cm³/mol.